The summed E-state index contributed by atoms with van der Waals surface area (Å²) >= 11 is 9.76. The lowest BCUT2D eigenvalue weighted by Crippen LogP contribution is -2.22. The van der Waals surface area contributed by atoms with E-state index in [1.54, 1.807) is 6.20 Å². The molecule has 0 spiro atoms. The molecule has 1 aromatic heterocycles. The lowest BCUT2D eigenvalue weighted by molar-refractivity contribution is 0.537. The Morgan fingerprint density at radius 1 is 1.44 bits per heavy atom. The molecule has 1 unspecified atom stereocenters. The predicted molar refractivity (Wildman–Crippen MR) is 77.9 cm³/mol. The van der Waals surface area contributed by atoms with E-state index in [2.05, 4.69) is 32.4 Å². The molecule has 96 valence electrons. The molecular weight excluding hydrogens is 314 g/mol. The van der Waals surface area contributed by atoms with Crippen molar-refractivity contribution >= 4 is 27.5 Å². The second-order valence-electron chi connectivity index (χ2n) is 4.14. The summed E-state index contributed by atoms with van der Waals surface area (Å²) in [5.74, 6) is 0. The number of benzene rings is 1. The zero-order chi connectivity index (χ0) is 13.1. The highest BCUT2D eigenvalue weighted by Gasteiger charge is 2.18. The molecule has 2 aromatic rings. The minimum Gasteiger partial charge on any atom is -0.311 e. The summed E-state index contributed by atoms with van der Waals surface area (Å²) in [6.07, 6.45) is 2.54. The fourth-order valence-electron chi connectivity index (χ4n) is 2.03. The van der Waals surface area contributed by atoms with Gasteiger partial charge in [0.2, 0.25) is 0 Å². The number of aromatic nitrogens is 2. The number of halogens is 2. The fourth-order valence-corrected chi connectivity index (χ4v) is 2.78. The van der Waals surface area contributed by atoms with Gasteiger partial charge in [0.05, 0.1) is 23.0 Å². The summed E-state index contributed by atoms with van der Waals surface area (Å²) < 4.78 is 2.93. The van der Waals surface area contributed by atoms with Crippen molar-refractivity contribution in [3.8, 4) is 0 Å². The van der Waals surface area contributed by atoms with Gasteiger partial charge in [-0.2, -0.15) is 5.10 Å². The monoisotopic (exact) mass is 327 g/mol. The molecule has 1 N–H and O–H groups in total. The number of hydrogen-bond donors (Lipinski definition) is 1. The van der Waals surface area contributed by atoms with Crippen LogP contribution in [-0.4, -0.2) is 16.8 Å². The van der Waals surface area contributed by atoms with Crippen LogP contribution in [0.1, 0.15) is 17.3 Å². The van der Waals surface area contributed by atoms with Crippen LogP contribution in [0.15, 0.2) is 34.9 Å². The molecule has 0 aliphatic carbocycles. The molecule has 0 fully saturated rings. The van der Waals surface area contributed by atoms with E-state index in [0.717, 1.165) is 16.6 Å². The van der Waals surface area contributed by atoms with E-state index < -0.39 is 0 Å². The van der Waals surface area contributed by atoms with E-state index in [-0.39, 0.29) is 6.04 Å². The van der Waals surface area contributed by atoms with E-state index in [0.29, 0.717) is 5.02 Å². The van der Waals surface area contributed by atoms with Crippen molar-refractivity contribution in [3.05, 3.63) is 51.2 Å². The molecule has 0 saturated heterocycles. The number of nitrogens with zero attached hydrogens (tertiary/aromatic N) is 2. The first-order chi connectivity index (χ1) is 8.63. The summed E-state index contributed by atoms with van der Waals surface area (Å²) in [6, 6.07) is 8.35. The van der Waals surface area contributed by atoms with E-state index in [9.17, 15) is 0 Å². The van der Waals surface area contributed by atoms with Gasteiger partial charge >= 0.3 is 0 Å². The van der Waals surface area contributed by atoms with Crippen LogP contribution >= 0.6 is 27.5 Å². The zero-order valence-corrected chi connectivity index (χ0v) is 12.7. The summed E-state index contributed by atoms with van der Waals surface area (Å²) in [7, 11) is 3.84. The smallest absolute Gasteiger partial charge is 0.0834 e. The van der Waals surface area contributed by atoms with Crippen LogP contribution in [-0.2, 0) is 13.5 Å². The maximum absolute atomic E-state index is 6.19. The van der Waals surface area contributed by atoms with E-state index >= 15 is 0 Å². The highest BCUT2D eigenvalue weighted by atomic mass is 79.9. The predicted octanol–water partition coefficient (Wildman–Crippen LogP) is 3.34. The van der Waals surface area contributed by atoms with Gasteiger partial charge in [0.1, 0.15) is 0 Å². The standard InChI is InChI=1S/C13H15BrClN3/c1-16-12(13-11(15)8-17-18(13)2)7-9-5-3-4-6-10(9)14/h3-6,8,12,16H,7H2,1-2H3. The van der Waals surface area contributed by atoms with Crippen LogP contribution in [0.5, 0.6) is 0 Å². The molecule has 0 aliphatic rings. The average molecular weight is 329 g/mol. The molecule has 1 aromatic carbocycles. The summed E-state index contributed by atoms with van der Waals surface area (Å²) in [4.78, 5) is 0. The summed E-state index contributed by atoms with van der Waals surface area (Å²) in [5.41, 5.74) is 2.25. The van der Waals surface area contributed by atoms with Gasteiger partial charge < -0.3 is 5.32 Å². The third kappa shape index (κ3) is 2.76. The SMILES string of the molecule is CNC(Cc1ccccc1Br)c1c(Cl)cnn1C. The van der Waals surface area contributed by atoms with Gasteiger partial charge in [-0.1, -0.05) is 45.7 Å². The first kappa shape index (κ1) is 13.6. The second-order valence-corrected chi connectivity index (χ2v) is 5.40. The van der Waals surface area contributed by atoms with Crippen molar-refractivity contribution in [1.29, 1.82) is 0 Å². The molecule has 0 radical (unpaired) electrons. The zero-order valence-electron chi connectivity index (χ0n) is 10.3. The lowest BCUT2D eigenvalue weighted by atomic mass is 10.0. The van der Waals surface area contributed by atoms with Crippen molar-refractivity contribution in [2.75, 3.05) is 7.05 Å². The van der Waals surface area contributed by atoms with Crippen molar-refractivity contribution in [1.82, 2.24) is 15.1 Å². The van der Waals surface area contributed by atoms with Crippen molar-refractivity contribution in [3.63, 3.8) is 0 Å². The molecule has 0 bridgehead atoms. The van der Waals surface area contributed by atoms with Crippen molar-refractivity contribution in [2.24, 2.45) is 7.05 Å². The molecule has 1 heterocycles. The van der Waals surface area contributed by atoms with Crippen LogP contribution in [0, 0.1) is 0 Å². The highest BCUT2D eigenvalue weighted by Crippen LogP contribution is 2.27. The minimum atomic E-state index is 0.142. The van der Waals surface area contributed by atoms with E-state index in [1.807, 2.05) is 37.0 Å². The van der Waals surface area contributed by atoms with Crippen LogP contribution in [0.2, 0.25) is 5.02 Å². The third-order valence-corrected chi connectivity index (χ3v) is 4.06. The molecule has 5 heteroatoms. The van der Waals surface area contributed by atoms with Crippen LogP contribution < -0.4 is 5.32 Å². The molecule has 1 atom stereocenters. The van der Waals surface area contributed by atoms with Gasteiger partial charge in [-0.15, -0.1) is 0 Å². The Morgan fingerprint density at radius 2 is 2.17 bits per heavy atom. The van der Waals surface area contributed by atoms with E-state index in [4.69, 9.17) is 11.6 Å². The Morgan fingerprint density at radius 3 is 2.72 bits per heavy atom. The van der Waals surface area contributed by atoms with Gasteiger partial charge in [0.25, 0.3) is 0 Å². The van der Waals surface area contributed by atoms with Gasteiger partial charge in [-0.25, -0.2) is 0 Å². The highest BCUT2D eigenvalue weighted by molar-refractivity contribution is 9.10. The topological polar surface area (TPSA) is 29.9 Å². The van der Waals surface area contributed by atoms with Crippen LogP contribution in [0.3, 0.4) is 0 Å². The average Bonchev–Trinajstić information content (AvgIpc) is 2.69. The molecule has 18 heavy (non-hydrogen) atoms. The normalized spacial score (nSPS) is 12.7. The maximum Gasteiger partial charge on any atom is 0.0834 e. The van der Waals surface area contributed by atoms with Crippen LogP contribution in [0.25, 0.3) is 0 Å². The number of likely N-dealkylation sites (N-methyl/N-ethyl adjacent to an activating group) is 1. The Labute approximate surface area is 120 Å². The Hall–Kier alpha value is -0.840. The third-order valence-electron chi connectivity index (χ3n) is 3.00. The number of hydrogen-bond acceptors (Lipinski definition) is 2. The largest absolute Gasteiger partial charge is 0.311 e. The van der Waals surface area contributed by atoms with Crippen LogP contribution in [0.4, 0.5) is 0 Å². The molecule has 2 rings (SSSR count). The van der Waals surface area contributed by atoms with Gasteiger partial charge in [-0.05, 0) is 25.1 Å². The Bertz CT molecular complexity index is 519. The Balaban J connectivity index is 2.28. The molecule has 0 saturated carbocycles. The van der Waals surface area contributed by atoms with E-state index in [1.165, 1.54) is 5.56 Å². The maximum atomic E-state index is 6.19. The van der Waals surface area contributed by atoms with Crippen molar-refractivity contribution < 1.29 is 0 Å². The first-order valence-corrected chi connectivity index (χ1v) is 6.88. The fraction of sp³-hybridized carbons (Fsp3) is 0.308. The Kier molecular flexibility index (Phi) is 4.43. The van der Waals surface area contributed by atoms with Crippen molar-refractivity contribution in [2.45, 2.75) is 12.5 Å². The summed E-state index contributed by atoms with van der Waals surface area (Å²) in [6.45, 7) is 0. The molecular formula is C13H15BrClN3. The first-order valence-electron chi connectivity index (χ1n) is 5.71. The van der Waals surface area contributed by atoms with Gasteiger partial charge in [-0.3, -0.25) is 4.68 Å². The minimum absolute atomic E-state index is 0.142. The van der Waals surface area contributed by atoms with Gasteiger partial charge in [0, 0.05) is 11.5 Å². The van der Waals surface area contributed by atoms with Gasteiger partial charge in [0.15, 0.2) is 0 Å². The number of aryl methyl sites for hydroxylation is 1. The molecule has 0 amide bonds. The summed E-state index contributed by atoms with van der Waals surface area (Å²) in [5, 5.41) is 8.18. The number of nitrogens with one attached hydrogen (secondary N) is 1. The quantitative estimate of drug-likeness (QED) is 0.933. The molecule has 3 nitrogen and oxygen atoms in total. The second kappa shape index (κ2) is 5.87. The lowest BCUT2D eigenvalue weighted by Gasteiger charge is -2.18. The number of rotatable bonds is 4. The molecule has 0 aliphatic heterocycles.